The summed E-state index contributed by atoms with van der Waals surface area (Å²) in [6.45, 7) is 2.16. The molecular weight excluding hydrogens is 340 g/mol. The van der Waals surface area contributed by atoms with Crippen molar-refractivity contribution in [3.8, 4) is 11.5 Å². The summed E-state index contributed by atoms with van der Waals surface area (Å²) >= 11 is 0. The molecule has 0 heterocycles. The highest BCUT2D eigenvalue weighted by Gasteiger charge is 2.22. The van der Waals surface area contributed by atoms with E-state index >= 15 is 0 Å². The molecule has 1 fully saturated rings. The van der Waals surface area contributed by atoms with Crippen LogP contribution in [-0.2, 0) is 4.79 Å². The van der Waals surface area contributed by atoms with Gasteiger partial charge in [0.1, 0.15) is 11.5 Å². The third-order valence-corrected chi connectivity index (χ3v) is 4.96. The van der Waals surface area contributed by atoms with Crippen molar-refractivity contribution in [2.45, 2.75) is 38.6 Å². The Hall–Kier alpha value is -2.82. The minimum Gasteiger partial charge on any atom is -0.457 e. The van der Waals surface area contributed by atoms with Gasteiger partial charge in [0, 0.05) is 11.6 Å². The van der Waals surface area contributed by atoms with Gasteiger partial charge in [0.05, 0.1) is 6.54 Å². The zero-order valence-electron chi connectivity index (χ0n) is 15.6. The van der Waals surface area contributed by atoms with Crippen LogP contribution in [0.25, 0.3) is 0 Å². The Morgan fingerprint density at radius 1 is 0.963 bits per heavy atom. The molecule has 3 rings (SSSR count). The molecule has 2 atom stereocenters. The molecule has 5 nitrogen and oxygen atoms in total. The summed E-state index contributed by atoms with van der Waals surface area (Å²) in [7, 11) is 0. The van der Waals surface area contributed by atoms with E-state index in [9.17, 15) is 9.59 Å². The van der Waals surface area contributed by atoms with Crippen LogP contribution < -0.4 is 15.4 Å². The lowest BCUT2D eigenvalue weighted by atomic mass is 9.86. The fraction of sp³-hybridized carbons (Fsp3) is 0.364. The lowest BCUT2D eigenvalue weighted by Gasteiger charge is -2.29. The van der Waals surface area contributed by atoms with Gasteiger partial charge >= 0.3 is 0 Å². The van der Waals surface area contributed by atoms with E-state index in [2.05, 4.69) is 17.6 Å². The summed E-state index contributed by atoms with van der Waals surface area (Å²) in [5.74, 6) is 1.49. The van der Waals surface area contributed by atoms with Crippen LogP contribution in [0.3, 0.4) is 0 Å². The summed E-state index contributed by atoms with van der Waals surface area (Å²) in [6, 6.07) is 16.5. The second kappa shape index (κ2) is 9.21. The van der Waals surface area contributed by atoms with Crippen molar-refractivity contribution in [1.82, 2.24) is 10.6 Å². The van der Waals surface area contributed by atoms with Crippen LogP contribution in [0, 0.1) is 5.92 Å². The first kappa shape index (κ1) is 19.0. The molecule has 2 N–H and O–H groups in total. The molecule has 0 aromatic heterocycles. The van der Waals surface area contributed by atoms with Crippen LogP contribution in [0.2, 0.25) is 0 Å². The number of hydrogen-bond acceptors (Lipinski definition) is 3. The number of carbonyl (C=O) groups is 2. The number of amides is 2. The van der Waals surface area contributed by atoms with E-state index in [1.807, 2.05) is 30.3 Å². The van der Waals surface area contributed by atoms with E-state index in [-0.39, 0.29) is 24.4 Å². The quantitative estimate of drug-likeness (QED) is 0.815. The van der Waals surface area contributed by atoms with Crippen LogP contribution in [0.1, 0.15) is 43.0 Å². The molecule has 2 amide bonds. The average Bonchev–Trinajstić information content (AvgIpc) is 2.69. The van der Waals surface area contributed by atoms with Gasteiger partial charge in [-0.25, -0.2) is 0 Å². The molecule has 1 aliphatic carbocycles. The Labute approximate surface area is 160 Å². The van der Waals surface area contributed by atoms with Crippen molar-refractivity contribution in [2.24, 2.45) is 5.92 Å². The minimum absolute atomic E-state index is 0.00960. The Kier molecular flexibility index (Phi) is 6.47. The highest BCUT2D eigenvalue weighted by Crippen LogP contribution is 2.23. The number of rotatable bonds is 6. The van der Waals surface area contributed by atoms with Crippen LogP contribution in [0.15, 0.2) is 54.6 Å². The van der Waals surface area contributed by atoms with E-state index in [4.69, 9.17) is 4.74 Å². The first-order valence-corrected chi connectivity index (χ1v) is 9.52. The van der Waals surface area contributed by atoms with Crippen molar-refractivity contribution in [3.05, 3.63) is 60.2 Å². The third-order valence-electron chi connectivity index (χ3n) is 4.96. The molecule has 27 heavy (non-hydrogen) atoms. The molecule has 0 unspecified atom stereocenters. The Morgan fingerprint density at radius 3 is 2.33 bits per heavy atom. The largest absolute Gasteiger partial charge is 0.457 e. The Morgan fingerprint density at radius 2 is 1.63 bits per heavy atom. The monoisotopic (exact) mass is 366 g/mol. The number of ether oxygens (including phenoxy) is 1. The maximum absolute atomic E-state index is 12.2. The lowest BCUT2D eigenvalue weighted by Crippen LogP contribution is -2.45. The smallest absolute Gasteiger partial charge is 0.251 e. The number of benzene rings is 2. The highest BCUT2D eigenvalue weighted by atomic mass is 16.5. The van der Waals surface area contributed by atoms with Crippen molar-refractivity contribution in [3.63, 3.8) is 0 Å². The van der Waals surface area contributed by atoms with Crippen molar-refractivity contribution >= 4 is 11.8 Å². The van der Waals surface area contributed by atoms with E-state index in [1.54, 1.807) is 24.3 Å². The Balaban J connectivity index is 1.47. The maximum Gasteiger partial charge on any atom is 0.251 e. The van der Waals surface area contributed by atoms with Gasteiger partial charge < -0.3 is 15.4 Å². The van der Waals surface area contributed by atoms with Gasteiger partial charge in [-0.2, -0.15) is 0 Å². The summed E-state index contributed by atoms with van der Waals surface area (Å²) < 4.78 is 5.71. The minimum atomic E-state index is -0.270. The highest BCUT2D eigenvalue weighted by molar-refractivity contribution is 5.96. The molecule has 2 aromatic rings. The Bertz CT molecular complexity index is 759. The summed E-state index contributed by atoms with van der Waals surface area (Å²) in [5.41, 5.74) is 0.495. The van der Waals surface area contributed by atoms with E-state index in [0.717, 1.165) is 25.0 Å². The van der Waals surface area contributed by atoms with Gasteiger partial charge in [-0.15, -0.1) is 0 Å². The molecule has 1 aliphatic rings. The molecule has 2 aromatic carbocycles. The predicted octanol–water partition coefficient (Wildman–Crippen LogP) is 3.90. The van der Waals surface area contributed by atoms with Crippen LogP contribution in [0.5, 0.6) is 11.5 Å². The van der Waals surface area contributed by atoms with Crippen LogP contribution >= 0.6 is 0 Å². The number of nitrogens with one attached hydrogen (secondary N) is 2. The average molecular weight is 366 g/mol. The first-order chi connectivity index (χ1) is 13.1. The molecule has 1 saturated carbocycles. The van der Waals surface area contributed by atoms with Crippen molar-refractivity contribution in [1.29, 1.82) is 0 Å². The molecule has 0 saturated heterocycles. The second-order valence-corrected chi connectivity index (χ2v) is 7.06. The van der Waals surface area contributed by atoms with Gasteiger partial charge in [0.2, 0.25) is 5.91 Å². The van der Waals surface area contributed by atoms with E-state index < -0.39 is 0 Å². The summed E-state index contributed by atoms with van der Waals surface area (Å²) in [6.07, 6.45) is 4.55. The van der Waals surface area contributed by atoms with E-state index in [1.165, 1.54) is 6.42 Å². The van der Waals surface area contributed by atoms with Crippen molar-refractivity contribution in [2.75, 3.05) is 6.54 Å². The van der Waals surface area contributed by atoms with Gasteiger partial charge in [-0.3, -0.25) is 9.59 Å². The van der Waals surface area contributed by atoms with Crippen molar-refractivity contribution < 1.29 is 14.3 Å². The SMILES string of the molecule is C[C@@H]1CCCC[C@H]1NC(=O)CNC(=O)c1ccc(Oc2ccccc2)cc1. The zero-order valence-corrected chi connectivity index (χ0v) is 15.6. The van der Waals surface area contributed by atoms with Crippen LogP contribution in [-0.4, -0.2) is 24.4 Å². The van der Waals surface area contributed by atoms with Crippen LogP contribution in [0.4, 0.5) is 0 Å². The second-order valence-electron chi connectivity index (χ2n) is 7.06. The summed E-state index contributed by atoms with van der Waals surface area (Å²) in [4.78, 5) is 24.3. The third kappa shape index (κ3) is 5.58. The molecule has 0 aliphatic heterocycles. The van der Waals surface area contributed by atoms with Gasteiger partial charge in [-0.05, 0) is 55.2 Å². The first-order valence-electron chi connectivity index (χ1n) is 9.52. The number of hydrogen-bond donors (Lipinski definition) is 2. The number of carbonyl (C=O) groups excluding carboxylic acids is 2. The molecule has 5 heteroatoms. The van der Waals surface area contributed by atoms with Gasteiger partial charge in [-0.1, -0.05) is 38.0 Å². The predicted molar refractivity (Wildman–Crippen MR) is 105 cm³/mol. The zero-order chi connectivity index (χ0) is 19.1. The lowest BCUT2D eigenvalue weighted by molar-refractivity contribution is -0.121. The standard InChI is InChI=1S/C22H26N2O3/c1-16-7-5-6-10-20(16)24-21(25)15-23-22(26)17-11-13-19(14-12-17)27-18-8-3-2-4-9-18/h2-4,8-9,11-14,16,20H,5-7,10,15H2,1H3,(H,23,26)(H,24,25)/t16-,20-/m1/s1. The molecule has 0 bridgehead atoms. The van der Waals surface area contributed by atoms with Gasteiger partial charge in [0.15, 0.2) is 0 Å². The van der Waals surface area contributed by atoms with E-state index in [0.29, 0.717) is 17.2 Å². The maximum atomic E-state index is 12.2. The number of para-hydroxylation sites is 1. The fourth-order valence-electron chi connectivity index (χ4n) is 3.35. The molecule has 142 valence electrons. The topological polar surface area (TPSA) is 67.4 Å². The summed E-state index contributed by atoms with van der Waals surface area (Å²) in [5, 5.41) is 5.72. The fourth-order valence-corrected chi connectivity index (χ4v) is 3.35. The molecule has 0 radical (unpaired) electrons. The molecular formula is C22H26N2O3. The molecule has 0 spiro atoms. The normalized spacial score (nSPS) is 19.1. The van der Waals surface area contributed by atoms with Gasteiger partial charge in [0.25, 0.3) is 5.91 Å².